The van der Waals surface area contributed by atoms with Crippen LogP contribution in [0, 0.1) is 0 Å². The molecule has 0 bridgehead atoms. The molecule has 6 heteroatoms. The molecule has 6 nitrogen and oxygen atoms in total. The van der Waals surface area contributed by atoms with Crippen LogP contribution in [-0.2, 0) is 19.9 Å². The zero-order valence-corrected chi connectivity index (χ0v) is 11.3. The summed E-state index contributed by atoms with van der Waals surface area (Å²) in [6.45, 7) is 1.73. The van der Waals surface area contributed by atoms with Crippen molar-refractivity contribution < 1.29 is 9.90 Å². The highest BCUT2D eigenvalue weighted by molar-refractivity contribution is 5.94. The summed E-state index contributed by atoms with van der Waals surface area (Å²) in [6, 6.07) is 3.55. The number of carbonyl (C=O) groups is 1. The van der Waals surface area contributed by atoms with Gasteiger partial charge in [-0.15, -0.1) is 0 Å². The largest absolute Gasteiger partial charge is 0.478 e. The molecular weight excluding hydrogens is 256 g/mol. The molecule has 3 rings (SSSR count). The van der Waals surface area contributed by atoms with E-state index in [0.29, 0.717) is 5.69 Å². The Balaban J connectivity index is 2.20. The number of aryl methyl sites for hydroxylation is 1. The second-order valence-electron chi connectivity index (χ2n) is 4.89. The van der Waals surface area contributed by atoms with Gasteiger partial charge in [0.15, 0.2) is 0 Å². The molecule has 2 N–H and O–H groups in total. The normalized spacial score (nSPS) is 14.7. The van der Waals surface area contributed by atoms with E-state index < -0.39 is 5.97 Å². The lowest BCUT2D eigenvalue weighted by atomic mass is 10.0. The molecule has 0 fully saturated rings. The van der Waals surface area contributed by atoms with Crippen LogP contribution < -0.4 is 5.32 Å². The molecule has 0 radical (unpaired) electrons. The topological polar surface area (TPSA) is 80.0 Å². The highest BCUT2D eigenvalue weighted by atomic mass is 16.4. The Morgan fingerprint density at radius 2 is 2.20 bits per heavy atom. The standard InChI is InChI=1S/C14H16N4O2/c1-18-12(4-7-16-18)13-10(14(19)20)8-9-2-5-15-6-3-11(9)17-13/h4,7-8,15H,2-3,5-6H2,1H3,(H,19,20). The van der Waals surface area contributed by atoms with E-state index in [1.807, 2.05) is 0 Å². The van der Waals surface area contributed by atoms with Crippen LogP contribution in [0.5, 0.6) is 0 Å². The van der Waals surface area contributed by atoms with Crippen molar-refractivity contribution in [3.8, 4) is 11.4 Å². The number of rotatable bonds is 2. The van der Waals surface area contributed by atoms with E-state index in [0.717, 1.165) is 42.9 Å². The molecule has 0 spiro atoms. The van der Waals surface area contributed by atoms with Crippen molar-refractivity contribution in [2.45, 2.75) is 12.8 Å². The van der Waals surface area contributed by atoms with Gasteiger partial charge in [0.05, 0.1) is 11.3 Å². The number of pyridine rings is 1. The number of hydrogen-bond donors (Lipinski definition) is 2. The predicted octanol–water partition coefficient (Wildman–Crippen LogP) is 0.868. The lowest BCUT2D eigenvalue weighted by molar-refractivity contribution is 0.0697. The van der Waals surface area contributed by atoms with Gasteiger partial charge in [-0.1, -0.05) is 0 Å². The van der Waals surface area contributed by atoms with E-state index in [4.69, 9.17) is 0 Å². The Kier molecular flexibility index (Phi) is 3.23. The highest BCUT2D eigenvalue weighted by Crippen LogP contribution is 2.25. The number of carboxylic acids is 1. The Hall–Kier alpha value is -2.21. The summed E-state index contributed by atoms with van der Waals surface area (Å²) in [5.74, 6) is -0.950. The fourth-order valence-electron chi connectivity index (χ4n) is 2.55. The minimum Gasteiger partial charge on any atom is -0.478 e. The van der Waals surface area contributed by atoms with E-state index in [9.17, 15) is 9.90 Å². The monoisotopic (exact) mass is 272 g/mol. The van der Waals surface area contributed by atoms with Gasteiger partial charge in [-0.05, 0) is 30.7 Å². The minimum atomic E-state index is -0.950. The molecule has 2 aromatic heterocycles. The minimum absolute atomic E-state index is 0.245. The molecule has 0 saturated carbocycles. The summed E-state index contributed by atoms with van der Waals surface area (Å²) in [4.78, 5) is 16.1. The van der Waals surface area contributed by atoms with Crippen molar-refractivity contribution in [2.75, 3.05) is 13.1 Å². The maximum atomic E-state index is 11.5. The van der Waals surface area contributed by atoms with E-state index in [1.165, 1.54) is 0 Å². The third kappa shape index (κ3) is 2.18. The van der Waals surface area contributed by atoms with Crippen LogP contribution in [0.15, 0.2) is 18.3 Å². The molecule has 0 atom stereocenters. The highest BCUT2D eigenvalue weighted by Gasteiger charge is 2.20. The first-order valence-corrected chi connectivity index (χ1v) is 6.62. The number of aromatic nitrogens is 3. The Morgan fingerprint density at radius 3 is 2.90 bits per heavy atom. The third-order valence-electron chi connectivity index (χ3n) is 3.59. The molecule has 0 unspecified atom stereocenters. The van der Waals surface area contributed by atoms with Gasteiger partial charge in [0, 0.05) is 31.9 Å². The SMILES string of the molecule is Cn1nccc1-c1nc2c(cc1C(=O)O)CCNCC2. The lowest BCUT2D eigenvalue weighted by Crippen LogP contribution is -2.16. The molecule has 1 aliphatic rings. The Labute approximate surface area is 116 Å². The molecule has 2 aromatic rings. The van der Waals surface area contributed by atoms with Gasteiger partial charge in [-0.25, -0.2) is 9.78 Å². The van der Waals surface area contributed by atoms with Crippen LogP contribution in [0.2, 0.25) is 0 Å². The number of hydrogen-bond acceptors (Lipinski definition) is 4. The fourth-order valence-corrected chi connectivity index (χ4v) is 2.55. The maximum Gasteiger partial charge on any atom is 0.337 e. The van der Waals surface area contributed by atoms with Gasteiger partial charge in [0.25, 0.3) is 0 Å². The van der Waals surface area contributed by atoms with Gasteiger partial charge < -0.3 is 10.4 Å². The quantitative estimate of drug-likeness (QED) is 0.848. The molecule has 0 amide bonds. The van der Waals surface area contributed by atoms with Crippen molar-refractivity contribution in [1.29, 1.82) is 0 Å². The second-order valence-corrected chi connectivity index (χ2v) is 4.89. The molecule has 1 aliphatic heterocycles. The summed E-state index contributed by atoms with van der Waals surface area (Å²) in [7, 11) is 1.79. The van der Waals surface area contributed by atoms with E-state index >= 15 is 0 Å². The number of nitrogens with one attached hydrogen (secondary N) is 1. The summed E-state index contributed by atoms with van der Waals surface area (Å²) in [5.41, 5.74) is 3.48. The summed E-state index contributed by atoms with van der Waals surface area (Å²) in [6.07, 6.45) is 3.28. The van der Waals surface area contributed by atoms with Gasteiger partial charge in [-0.3, -0.25) is 4.68 Å². The maximum absolute atomic E-state index is 11.5. The first-order valence-electron chi connectivity index (χ1n) is 6.62. The van der Waals surface area contributed by atoms with E-state index in [1.54, 1.807) is 30.1 Å². The van der Waals surface area contributed by atoms with Crippen molar-refractivity contribution >= 4 is 5.97 Å². The van der Waals surface area contributed by atoms with Gasteiger partial charge in [0.2, 0.25) is 0 Å². The Bertz CT molecular complexity index is 663. The third-order valence-corrected chi connectivity index (χ3v) is 3.59. The van der Waals surface area contributed by atoms with Crippen LogP contribution in [-0.4, -0.2) is 38.9 Å². The fraction of sp³-hybridized carbons (Fsp3) is 0.357. The molecule has 0 saturated heterocycles. The molecule has 3 heterocycles. The van der Waals surface area contributed by atoms with Crippen molar-refractivity contribution in [3.05, 3.63) is 35.2 Å². The average Bonchev–Trinajstić information content (AvgIpc) is 2.72. The average molecular weight is 272 g/mol. The zero-order chi connectivity index (χ0) is 14.1. The van der Waals surface area contributed by atoms with Gasteiger partial charge >= 0.3 is 5.97 Å². The number of aromatic carboxylic acids is 1. The predicted molar refractivity (Wildman–Crippen MR) is 73.7 cm³/mol. The molecule has 0 aliphatic carbocycles. The Morgan fingerprint density at radius 1 is 1.40 bits per heavy atom. The van der Waals surface area contributed by atoms with E-state index in [2.05, 4.69) is 15.4 Å². The zero-order valence-electron chi connectivity index (χ0n) is 11.3. The van der Waals surface area contributed by atoms with Crippen LogP contribution >= 0.6 is 0 Å². The molecular formula is C14H16N4O2. The van der Waals surface area contributed by atoms with Crippen LogP contribution in [0.3, 0.4) is 0 Å². The number of carboxylic acid groups (broad SMARTS) is 1. The van der Waals surface area contributed by atoms with Gasteiger partial charge in [-0.2, -0.15) is 5.10 Å². The van der Waals surface area contributed by atoms with E-state index in [-0.39, 0.29) is 5.56 Å². The first-order chi connectivity index (χ1) is 9.66. The van der Waals surface area contributed by atoms with Crippen molar-refractivity contribution in [2.24, 2.45) is 7.05 Å². The lowest BCUT2D eigenvalue weighted by Gasteiger charge is -2.11. The number of nitrogens with zero attached hydrogens (tertiary/aromatic N) is 3. The summed E-state index contributed by atoms with van der Waals surface area (Å²) < 4.78 is 1.65. The van der Waals surface area contributed by atoms with Crippen LogP contribution in [0.1, 0.15) is 21.6 Å². The van der Waals surface area contributed by atoms with Gasteiger partial charge in [0.1, 0.15) is 5.69 Å². The number of fused-ring (bicyclic) bond motifs is 1. The second kappa shape index (κ2) is 5.05. The van der Waals surface area contributed by atoms with Crippen molar-refractivity contribution in [1.82, 2.24) is 20.1 Å². The van der Waals surface area contributed by atoms with Crippen LogP contribution in [0.25, 0.3) is 11.4 Å². The molecule has 0 aromatic carbocycles. The molecule has 104 valence electrons. The summed E-state index contributed by atoms with van der Waals surface area (Å²) in [5, 5.41) is 16.8. The first kappa shape index (κ1) is 12.8. The van der Waals surface area contributed by atoms with Crippen LogP contribution in [0.4, 0.5) is 0 Å². The van der Waals surface area contributed by atoms with Crippen molar-refractivity contribution in [3.63, 3.8) is 0 Å². The summed E-state index contributed by atoms with van der Waals surface area (Å²) >= 11 is 0. The smallest absolute Gasteiger partial charge is 0.337 e. The molecule has 20 heavy (non-hydrogen) atoms.